The molecule has 0 amide bonds. The molecular formula is C49H38N2O. The molecule has 0 N–H and O–H groups in total. The summed E-state index contributed by atoms with van der Waals surface area (Å²) >= 11 is 0. The molecule has 0 saturated heterocycles. The molecule has 9 aromatic rings. The van der Waals surface area contributed by atoms with Crippen LogP contribution in [0.5, 0.6) is 5.75 Å². The van der Waals surface area contributed by atoms with Crippen LogP contribution >= 0.6 is 0 Å². The Kier molecular flexibility index (Phi) is 7.82. The van der Waals surface area contributed by atoms with Gasteiger partial charge in [-0.15, -0.1) is 0 Å². The summed E-state index contributed by atoms with van der Waals surface area (Å²) in [5.41, 5.74) is 8.85. The summed E-state index contributed by atoms with van der Waals surface area (Å²) in [7, 11) is 1.78. The lowest BCUT2D eigenvalue weighted by molar-refractivity contribution is 0.416. The van der Waals surface area contributed by atoms with Gasteiger partial charge in [0.25, 0.3) is 0 Å². The van der Waals surface area contributed by atoms with Gasteiger partial charge in [0, 0.05) is 27.6 Å². The molecule has 0 fully saturated rings. The Morgan fingerprint density at radius 2 is 0.769 bits per heavy atom. The van der Waals surface area contributed by atoms with Crippen LogP contribution in [0, 0.1) is 13.8 Å². The van der Waals surface area contributed by atoms with Gasteiger partial charge in [0.2, 0.25) is 0 Å². The van der Waals surface area contributed by atoms with Crippen LogP contribution in [-0.4, -0.2) is 7.11 Å². The zero-order valence-electron chi connectivity index (χ0n) is 29.5. The van der Waals surface area contributed by atoms with Crippen molar-refractivity contribution >= 4 is 77.2 Å². The van der Waals surface area contributed by atoms with Gasteiger partial charge in [-0.25, -0.2) is 0 Å². The fourth-order valence-corrected chi connectivity index (χ4v) is 7.76. The van der Waals surface area contributed by atoms with Gasteiger partial charge in [0.15, 0.2) is 0 Å². The Bertz CT molecular complexity index is 2770. The van der Waals surface area contributed by atoms with Crippen molar-refractivity contribution in [3.8, 4) is 5.75 Å². The number of aryl methyl sites for hydroxylation is 2. The Morgan fingerprint density at radius 3 is 1.27 bits per heavy atom. The minimum atomic E-state index is 0.774. The maximum Gasteiger partial charge on any atom is 0.144 e. The quantitative estimate of drug-likeness (QED) is 0.168. The van der Waals surface area contributed by atoms with Gasteiger partial charge in [0.1, 0.15) is 5.75 Å². The predicted molar refractivity (Wildman–Crippen MR) is 222 cm³/mol. The third-order valence-corrected chi connectivity index (χ3v) is 10.2. The highest BCUT2D eigenvalue weighted by molar-refractivity contribution is 6.07. The number of rotatable bonds is 7. The van der Waals surface area contributed by atoms with Crippen molar-refractivity contribution in [2.24, 2.45) is 0 Å². The van der Waals surface area contributed by atoms with Crippen molar-refractivity contribution in [3.05, 3.63) is 187 Å². The lowest BCUT2D eigenvalue weighted by atomic mass is 10.0. The van der Waals surface area contributed by atoms with Crippen LogP contribution in [0.15, 0.2) is 176 Å². The number of ether oxygens (including phenoxy) is 1. The lowest BCUT2D eigenvalue weighted by Crippen LogP contribution is -2.14. The minimum absolute atomic E-state index is 0.774. The number of fused-ring (bicyclic) bond motifs is 4. The van der Waals surface area contributed by atoms with Crippen LogP contribution in [0.3, 0.4) is 0 Å². The third-order valence-electron chi connectivity index (χ3n) is 10.2. The molecule has 0 aliphatic heterocycles. The molecular weight excluding hydrogens is 633 g/mol. The van der Waals surface area contributed by atoms with E-state index in [1.807, 2.05) is 0 Å². The van der Waals surface area contributed by atoms with Crippen LogP contribution in [0.1, 0.15) is 11.1 Å². The normalized spacial score (nSPS) is 11.4. The van der Waals surface area contributed by atoms with E-state index < -0.39 is 0 Å². The average Bonchev–Trinajstić information content (AvgIpc) is 3.18. The molecule has 9 aromatic carbocycles. The maximum absolute atomic E-state index is 6.40. The second-order valence-corrected chi connectivity index (χ2v) is 13.5. The van der Waals surface area contributed by atoms with Gasteiger partial charge in [-0.3, -0.25) is 0 Å². The highest BCUT2D eigenvalue weighted by Crippen LogP contribution is 2.49. The fourth-order valence-electron chi connectivity index (χ4n) is 7.76. The van der Waals surface area contributed by atoms with E-state index in [0.717, 1.165) is 39.9 Å². The van der Waals surface area contributed by atoms with Gasteiger partial charge in [0.05, 0.1) is 41.2 Å². The SMILES string of the molecule is COc1cc(N(c2cccc3ccccc23)c2cccc3cc(C)ccc23)ccc1N(c1cccc2ccccc12)c1cccc2cc(C)ccc12. The third kappa shape index (κ3) is 5.39. The van der Waals surface area contributed by atoms with Crippen molar-refractivity contribution < 1.29 is 4.74 Å². The first-order valence-corrected chi connectivity index (χ1v) is 17.8. The van der Waals surface area contributed by atoms with E-state index in [0.29, 0.717) is 0 Å². The van der Waals surface area contributed by atoms with E-state index in [9.17, 15) is 0 Å². The second kappa shape index (κ2) is 12.9. The summed E-state index contributed by atoms with van der Waals surface area (Å²) in [4.78, 5) is 4.75. The smallest absolute Gasteiger partial charge is 0.144 e. The molecule has 0 unspecified atom stereocenters. The average molecular weight is 671 g/mol. The Labute approximate surface area is 304 Å². The Hall–Kier alpha value is -6.58. The standard InChI is InChI=1S/C49H38N2O/c1-33-24-27-42-37(30-33)16-10-21-45(42)50(44-20-8-14-35-12-4-6-18-40(35)44)39-26-29-48(49(32-39)52-3)51(46-22-9-15-36-13-5-7-19-41(36)46)47-23-11-17-38-31-34(2)25-28-43(38)47/h4-32H,1-3H3. The van der Waals surface area contributed by atoms with Gasteiger partial charge < -0.3 is 14.5 Å². The first-order valence-electron chi connectivity index (χ1n) is 17.8. The van der Waals surface area contributed by atoms with Crippen molar-refractivity contribution in [1.29, 1.82) is 0 Å². The zero-order chi connectivity index (χ0) is 35.2. The largest absolute Gasteiger partial charge is 0.494 e. The van der Waals surface area contributed by atoms with E-state index in [1.165, 1.54) is 54.2 Å². The molecule has 3 nitrogen and oxygen atoms in total. The number of anilines is 6. The van der Waals surface area contributed by atoms with E-state index in [4.69, 9.17) is 4.74 Å². The first kappa shape index (κ1) is 31.4. The summed E-state index contributed by atoms with van der Waals surface area (Å²) in [5, 5.41) is 9.50. The summed E-state index contributed by atoms with van der Waals surface area (Å²) in [5.74, 6) is 0.774. The molecule has 0 aromatic heterocycles. The molecule has 250 valence electrons. The minimum Gasteiger partial charge on any atom is -0.494 e. The predicted octanol–water partition coefficient (Wildman–Crippen LogP) is 13.9. The number of benzene rings is 9. The van der Waals surface area contributed by atoms with Gasteiger partial charge in [-0.1, -0.05) is 145 Å². The first-order chi connectivity index (χ1) is 25.6. The number of nitrogens with zero attached hydrogens (tertiary/aromatic N) is 2. The van der Waals surface area contributed by atoms with Crippen molar-refractivity contribution in [2.75, 3.05) is 16.9 Å². The molecule has 0 spiro atoms. The van der Waals surface area contributed by atoms with Crippen LogP contribution in [0.2, 0.25) is 0 Å². The van der Waals surface area contributed by atoms with Gasteiger partial charge in [-0.2, -0.15) is 0 Å². The van der Waals surface area contributed by atoms with E-state index in [1.54, 1.807) is 7.11 Å². The molecule has 0 saturated carbocycles. The summed E-state index contributed by atoms with van der Waals surface area (Å²) in [6.45, 7) is 4.30. The molecule has 52 heavy (non-hydrogen) atoms. The number of hydrogen-bond donors (Lipinski definition) is 0. The van der Waals surface area contributed by atoms with Crippen molar-refractivity contribution in [3.63, 3.8) is 0 Å². The van der Waals surface area contributed by atoms with E-state index >= 15 is 0 Å². The molecule has 0 atom stereocenters. The fraction of sp³-hybridized carbons (Fsp3) is 0.0612. The number of methoxy groups -OCH3 is 1. The van der Waals surface area contributed by atoms with Crippen LogP contribution in [0.4, 0.5) is 34.1 Å². The summed E-state index contributed by atoms with van der Waals surface area (Å²) < 4.78 is 6.40. The van der Waals surface area contributed by atoms with Crippen LogP contribution in [0.25, 0.3) is 43.1 Å². The van der Waals surface area contributed by atoms with E-state index in [2.05, 4.69) is 200 Å². The monoisotopic (exact) mass is 670 g/mol. The summed E-state index contributed by atoms with van der Waals surface area (Å²) in [6, 6.07) is 63.5. The second-order valence-electron chi connectivity index (χ2n) is 13.5. The van der Waals surface area contributed by atoms with Gasteiger partial charge >= 0.3 is 0 Å². The molecule has 0 aliphatic rings. The Morgan fingerprint density at radius 1 is 0.346 bits per heavy atom. The van der Waals surface area contributed by atoms with Crippen molar-refractivity contribution in [1.82, 2.24) is 0 Å². The molecule has 0 radical (unpaired) electrons. The maximum atomic E-state index is 6.40. The van der Waals surface area contributed by atoms with Gasteiger partial charge in [-0.05, 0) is 71.8 Å². The lowest BCUT2D eigenvalue weighted by Gasteiger charge is -2.32. The van der Waals surface area contributed by atoms with Crippen LogP contribution in [-0.2, 0) is 0 Å². The molecule has 0 heterocycles. The molecule has 0 bridgehead atoms. The highest BCUT2D eigenvalue weighted by Gasteiger charge is 2.24. The number of hydrogen-bond acceptors (Lipinski definition) is 3. The highest BCUT2D eigenvalue weighted by atomic mass is 16.5. The molecule has 9 rings (SSSR count). The van der Waals surface area contributed by atoms with E-state index in [-0.39, 0.29) is 0 Å². The topological polar surface area (TPSA) is 15.7 Å². The molecule has 0 aliphatic carbocycles. The van der Waals surface area contributed by atoms with Crippen molar-refractivity contribution in [2.45, 2.75) is 13.8 Å². The Balaban J connectivity index is 1.31. The zero-order valence-corrected chi connectivity index (χ0v) is 29.5. The van der Waals surface area contributed by atoms with Crippen LogP contribution < -0.4 is 14.5 Å². The summed E-state index contributed by atoms with van der Waals surface area (Å²) in [6.07, 6.45) is 0. The molecule has 3 heteroatoms.